The van der Waals surface area contributed by atoms with Gasteiger partial charge in [0.25, 0.3) is 0 Å². The van der Waals surface area contributed by atoms with Crippen molar-refractivity contribution in [2.75, 3.05) is 18.0 Å². The summed E-state index contributed by atoms with van der Waals surface area (Å²) >= 11 is 0. The van der Waals surface area contributed by atoms with Gasteiger partial charge < -0.3 is 10.0 Å². The third-order valence-corrected chi connectivity index (χ3v) is 3.59. The first-order chi connectivity index (χ1) is 8.66. The van der Waals surface area contributed by atoms with Gasteiger partial charge in [0.1, 0.15) is 0 Å². The smallest absolute Gasteiger partial charge is 0.303 e. The van der Waals surface area contributed by atoms with Gasteiger partial charge in [-0.15, -0.1) is 0 Å². The second-order valence-corrected chi connectivity index (χ2v) is 4.97. The number of anilines is 1. The van der Waals surface area contributed by atoms with E-state index in [1.807, 2.05) is 6.92 Å². The minimum atomic E-state index is -0.712. The Balaban J connectivity index is 1.98. The predicted octanol–water partition coefficient (Wildman–Crippen LogP) is 1.80. The first kappa shape index (κ1) is 12.8. The van der Waals surface area contributed by atoms with Crippen LogP contribution in [0.1, 0.15) is 26.2 Å². The van der Waals surface area contributed by atoms with E-state index in [0.717, 1.165) is 31.9 Å². The number of carboxylic acids is 1. The molecular formula is C13H19N3O2. The molecule has 2 rings (SSSR count). The van der Waals surface area contributed by atoms with Crippen molar-refractivity contribution in [3.05, 3.63) is 18.5 Å². The molecule has 0 amide bonds. The normalized spacial score (nSPS) is 21.6. The number of hydrogen-bond donors (Lipinski definition) is 1. The summed E-state index contributed by atoms with van der Waals surface area (Å²) in [4.78, 5) is 21.4. The van der Waals surface area contributed by atoms with Gasteiger partial charge in [-0.3, -0.25) is 4.79 Å². The highest BCUT2D eigenvalue weighted by molar-refractivity contribution is 5.67. The van der Waals surface area contributed by atoms with E-state index in [1.54, 1.807) is 18.5 Å². The number of aliphatic carboxylic acids is 1. The summed E-state index contributed by atoms with van der Waals surface area (Å²) in [6, 6.07) is 1.80. The summed E-state index contributed by atoms with van der Waals surface area (Å²) in [7, 11) is 0. The van der Waals surface area contributed by atoms with Gasteiger partial charge in [-0.05, 0) is 30.7 Å². The van der Waals surface area contributed by atoms with Crippen LogP contribution in [0.15, 0.2) is 18.5 Å². The molecule has 0 aliphatic carbocycles. The predicted molar refractivity (Wildman–Crippen MR) is 68.4 cm³/mol. The van der Waals surface area contributed by atoms with Crippen molar-refractivity contribution in [3.8, 4) is 0 Å². The van der Waals surface area contributed by atoms with Crippen LogP contribution in [0, 0.1) is 11.8 Å². The van der Waals surface area contributed by atoms with Crippen molar-refractivity contribution in [2.24, 2.45) is 11.8 Å². The summed E-state index contributed by atoms with van der Waals surface area (Å²) in [6.07, 6.45) is 5.90. The summed E-state index contributed by atoms with van der Waals surface area (Å²) in [5.41, 5.74) is 0. The number of carboxylic acid groups (broad SMARTS) is 1. The van der Waals surface area contributed by atoms with Crippen LogP contribution < -0.4 is 4.90 Å². The number of rotatable bonds is 4. The molecule has 1 fully saturated rings. The molecule has 1 N–H and O–H groups in total. The zero-order valence-electron chi connectivity index (χ0n) is 10.6. The Morgan fingerprint density at radius 2 is 2.28 bits per heavy atom. The lowest BCUT2D eigenvalue weighted by Crippen LogP contribution is -2.39. The maximum Gasteiger partial charge on any atom is 0.303 e. The average molecular weight is 249 g/mol. The van der Waals surface area contributed by atoms with Crippen molar-refractivity contribution < 1.29 is 9.90 Å². The van der Waals surface area contributed by atoms with Crippen LogP contribution in [0.3, 0.4) is 0 Å². The number of aromatic nitrogens is 2. The van der Waals surface area contributed by atoms with Gasteiger partial charge in [0.15, 0.2) is 0 Å². The SMILES string of the molecule is CC(CC(=O)O)C1CCCN(c2ncccn2)C1. The third-order valence-electron chi connectivity index (χ3n) is 3.59. The molecule has 1 aromatic rings. The van der Waals surface area contributed by atoms with Gasteiger partial charge in [0, 0.05) is 31.9 Å². The molecule has 0 bridgehead atoms. The lowest BCUT2D eigenvalue weighted by molar-refractivity contribution is -0.138. The van der Waals surface area contributed by atoms with Crippen LogP contribution in [-0.4, -0.2) is 34.1 Å². The van der Waals surface area contributed by atoms with E-state index in [2.05, 4.69) is 14.9 Å². The first-order valence-corrected chi connectivity index (χ1v) is 6.40. The van der Waals surface area contributed by atoms with Crippen LogP contribution in [-0.2, 0) is 4.79 Å². The van der Waals surface area contributed by atoms with E-state index in [4.69, 9.17) is 5.11 Å². The van der Waals surface area contributed by atoms with Crippen molar-refractivity contribution >= 4 is 11.9 Å². The second kappa shape index (κ2) is 5.80. The van der Waals surface area contributed by atoms with Gasteiger partial charge in [-0.2, -0.15) is 0 Å². The van der Waals surface area contributed by atoms with Gasteiger partial charge in [-0.1, -0.05) is 6.92 Å². The van der Waals surface area contributed by atoms with E-state index in [-0.39, 0.29) is 12.3 Å². The molecule has 2 atom stereocenters. The number of piperidine rings is 1. The molecule has 98 valence electrons. The van der Waals surface area contributed by atoms with Crippen molar-refractivity contribution in [3.63, 3.8) is 0 Å². The molecule has 2 heterocycles. The molecule has 2 unspecified atom stereocenters. The van der Waals surface area contributed by atoms with Crippen molar-refractivity contribution in [1.82, 2.24) is 9.97 Å². The Hall–Kier alpha value is -1.65. The minimum absolute atomic E-state index is 0.203. The zero-order chi connectivity index (χ0) is 13.0. The minimum Gasteiger partial charge on any atom is -0.481 e. The molecule has 5 heteroatoms. The van der Waals surface area contributed by atoms with Gasteiger partial charge in [0.05, 0.1) is 0 Å². The lowest BCUT2D eigenvalue weighted by Gasteiger charge is -2.35. The van der Waals surface area contributed by atoms with Crippen molar-refractivity contribution in [1.29, 1.82) is 0 Å². The zero-order valence-corrected chi connectivity index (χ0v) is 10.6. The van der Waals surface area contributed by atoms with Crippen LogP contribution in [0.2, 0.25) is 0 Å². The molecule has 1 aliphatic heterocycles. The van der Waals surface area contributed by atoms with E-state index in [0.29, 0.717) is 5.92 Å². The summed E-state index contributed by atoms with van der Waals surface area (Å²) < 4.78 is 0. The van der Waals surface area contributed by atoms with Crippen LogP contribution in [0.5, 0.6) is 0 Å². The van der Waals surface area contributed by atoms with E-state index in [1.165, 1.54) is 0 Å². The molecule has 1 aromatic heterocycles. The fourth-order valence-electron chi connectivity index (χ4n) is 2.55. The van der Waals surface area contributed by atoms with Gasteiger partial charge >= 0.3 is 5.97 Å². The Morgan fingerprint density at radius 3 is 2.94 bits per heavy atom. The molecule has 5 nitrogen and oxygen atoms in total. The first-order valence-electron chi connectivity index (χ1n) is 6.40. The van der Waals surface area contributed by atoms with Gasteiger partial charge in [0.2, 0.25) is 5.95 Å². The summed E-state index contributed by atoms with van der Waals surface area (Å²) in [6.45, 7) is 3.84. The van der Waals surface area contributed by atoms with Crippen molar-refractivity contribution in [2.45, 2.75) is 26.2 Å². The fraction of sp³-hybridized carbons (Fsp3) is 0.615. The van der Waals surface area contributed by atoms with E-state index >= 15 is 0 Å². The molecule has 0 spiro atoms. The fourth-order valence-corrected chi connectivity index (χ4v) is 2.55. The molecule has 1 aliphatic rings. The second-order valence-electron chi connectivity index (χ2n) is 4.97. The van der Waals surface area contributed by atoms with Crippen LogP contribution in [0.25, 0.3) is 0 Å². The summed E-state index contributed by atoms with van der Waals surface area (Å²) in [5, 5.41) is 8.86. The Kier molecular flexibility index (Phi) is 4.12. The molecular weight excluding hydrogens is 230 g/mol. The maximum absolute atomic E-state index is 10.8. The molecule has 0 saturated carbocycles. The number of carbonyl (C=O) groups is 1. The topological polar surface area (TPSA) is 66.3 Å². The maximum atomic E-state index is 10.8. The van der Waals surface area contributed by atoms with Crippen LogP contribution >= 0.6 is 0 Å². The number of nitrogens with zero attached hydrogens (tertiary/aromatic N) is 3. The Bertz CT molecular complexity index is 396. The van der Waals surface area contributed by atoms with Gasteiger partial charge in [-0.25, -0.2) is 9.97 Å². The highest BCUT2D eigenvalue weighted by Gasteiger charge is 2.26. The molecule has 0 aromatic carbocycles. The Labute approximate surface area is 107 Å². The highest BCUT2D eigenvalue weighted by Crippen LogP contribution is 2.27. The molecule has 18 heavy (non-hydrogen) atoms. The van der Waals surface area contributed by atoms with Crippen LogP contribution in [0.4, 0.5) is 5.95 Å². The Morgan fingerprint density at radius 1 is 1.56 bits per heavy atom. The average Bonchev–Trinajstić information content (AvgIpc) is 2.39. The standard InChI is InChI=1S/C13H19N3O2/c1-10(8-12(17)18)11-4-2-7-16(9-11)13-14-5-3-6-15-13/h3,5-6,10-11H,2,4,7-9H2,1H3,(H,17,18). The summed E-state index contributed by atoms with van der Waals surface area (Å²) in [5.74, 6) is 0.660. The quantitative estimate of drug-likeness (QED) is 0.881. The molecule has 1 saturated heterocycles. The van der Waals surface area contributed by atoms with E-state index in [9.17, 15) is 4.79 Å². The third kappa shape index (κ3) is 3.18. The monoisotopic (exact) mass is 249 g/mol. The highest BCUT2D eigenvalue weighted by atomic mass is 16.4. The largest absolute Gasteiger partial charge is 0.481 e. The molecule has 0 radical (unpaired) electrons. The lowest BCUT2D eigenvalue weighted by atomic mass is 9.85. The van der Waals surface area contributed by atoms with E-state index < -0.39 is 5.97 Å². The number of hydrogen-bond acceptors (Lipinski definition) is 4.